The minimum atomic E-state index is -1.78. The summed E-state index contributed by atoms with van der Waals surface area (Å²) in [6.45, 7) is 7.87. The number of esters is 1. The molecule has 32 heavy (non-hydrogen) atoms. The number of allylic oxidation sites excluding steroid dienone is 2. The second-order valence-electron chi connectivity index (χ2n) is 11.9. The van der Waals surface area contributed by atoms with Crippen LogP contribution in [0.3, 0.4) is 0 Å². The Labute approximate surface area is 188 Å². The van der Waals surface area contributed by atoms with Crippen molar-refractivity contribution in [3.8, 4) is 0 Å². The number of furan rings is 1. The molecular weight excluding hydrogens is 408 g/mol. The monoisotopic (exact) mass is 440 g/mol. The van der Waals surface area contributed by atoms with Crippen LogP contribution in [0.25, 0.3) is 0 Å². The largest absolute Gasteiger partial charge is 0.472 e. The highest BCUT2D eigenvalue weighted by Crippen LogP contribution is 2.79. The zero-order valence-electron chi connectivity index (χ0n) is 19.4. The Morgan fingerprint density at radius 2 is 1.97 bits per heavy atom. The summed E-state index contributed by atoms with van der Waals surface area (Å²) in [6.07, 6.45) is 9.68. The van der Waals surface area contributed by atoms with Gasteiger partial charge in [0.25, 0.3) is 0 Å². The highest BCUT2D eigenvalue weighted by atomic mass is 16.6. The molecule has 1 N–H and O–H groups in total. The van der Waals surface area contributed by atoms with Crippen LogP contribution in [0.15, 0.2) is 35.2 Å². The van der Waals surface area contributed by atoms with E-state index in [0.717, 1.165) is 12.8 Å². The molecule has 0 bridgehead atoms. The van der Waals surface area contributed by atoms with E-state index in [9.17, 15) is 14.7 Å². The molecule has 9 atom stereocenters. The van der Waals surface area contributed by atoms with Crippen LogP contribution in [0.2, 0.25) is 0 Å². The lowest BCUT2D eigenvalue weighted by Gasteiger charge is -2.51. The van der Waals surface area contributed by atoms with E-state index >= 15 is 0 Å². The van der Waals surface area contributed by atoms with Gasteiger partial charge in [-0.15, -0.1) is 0 Å². The summed E-state index contributed by atoms with van der Waals surface area (Å²) in [5.74, 6) is -0.642. The molecule has 1 aromatic rings. The van der Waals surface area contributed by atoms with Crippen molar-refractivity contribution in [2.75, 3.05) is 7.11 Å². The van der Waals surface area contributed by atoms with Gasteiger partial charge in [-0.1, -0.05) is 33.8 Å². The lowest BCUT2D eigenvalue weighted by molar-refractivity contribution is -0.197. The Hall–Kier alpha value is -1.92. The molecule has 6 heteroatoms. The van der Waals surface area contributed by atoms with Crippen LogP contribution in [-0.2, 0) is 19.1 Å². The zero-order chi connectivity index (χ0) is 22.9. The number of hydrogen-bond acceptors (Lipinski definition) is 6. The summed E-state index contributed by atoms with van der Waals surface area (Å²) in [6, 6.07) is 2.04. The summed E-state index contributed by atoms with van der Waals surface area (Å²) in [5.41, 5.74) is -3.11. The van der Waals surface area contributed by atoms with Crippen LogP contribution in [0.5, 0.6) is 0 Å². The maximum atomic E-state index is 13.4. The number of aliphatic hydroxyl groups is 1. The van der Waals surface area contributed by atoms with Gasteiger partial charge in [-0.25, -0.2) is 4.79 Å². The SMILES string of the molecule is COC(=O)C1(O)C2C(C)(C)C(=O)C=C[C@]2(C)[C@H]2CC3[C@H](c4ccoc4)C[C@H]4O[C@@]34C[C@@]21C. The summed E-state index contributed by atoms with van der Waals surface area (Å²) in [4.78, 5) is 26.4. The smallest absolute Gasteiger partial charge is 0.338 e. The third kappa shape index (κ3) is 2.02. The molecule has 4 fully saturated rings. The zero-order valence-corrected chi connectivity index (χ0v) is 19.4. The number of hydrogen-bond donors (Lipinski definition) is 1. The molecule has 0 radical (unpaired) electrons. The standard InChI is InChI=1S/C26H32O6/c1-22(2)18(27)6-8-23(3)17-11-16-15(14-7-9-31-12-14)10-19-25(16,32-19)13-24(17,4)26(29,20(22)23)21(28)30-5/h6-9,12,15-17,19-20,29H,10-11,13H2,1-5H3/t15-,16?,17+,19+,20?,23+,24-,25-,26?/m0/s1. The van der Waals surface area contributed by atoms with Gasteiger partial charge in [0.2, 0.25) is 0 Å². The van der Waals surface area contributed by atoms with E-state index in [1.807, 2.05) is 39.2 Å². The first kappa shape index (κ1) is 20.7. The number of methoxy groups -OCH3 is 1. The van der Waals surface area contributed by atoms with Crippen molar-refractivity contribution in [1.82, 2.24) is 0 Å². The Bertz CT molecular complexity index is 1040. The minimum Gasteiger partial charge on any atom is -0.472 e. The molecule has 3 unspecified atom stereocenters. The summed E-state index contributed by atoms with van der Waals surface area (Å²) >= 11 is 0. The van der Waals surface area contributed by atoms with Crippen LogP contribution in [-0.4, -0.2) is 41.3 Å². The van der Waals surface area contributed by atoms with E-state index in [1.165, 1.54) is 12.7 Å². The molecule has 0 amide bonds. The van der Waals surface area contributed by atoms with E-state index in [4.69, 9.17) is 13.9 Å². The fourth-order valence-corrected chi connectivity index (χ4v) is 9.21. The lowest BCUT2D eigenvalue weighted by atomic mass is 9.53. The highest BCUT2D eigenvalue weighted by Gasteiger charge is 2.84. The Morgan fingerprint density at radius 1 is 1.22 bits per heavy atom. The quantitative estimate of drug-likeness (QED) is 0.558. The average Bonchev–Trinajstić information content (AvgIpc) is 3.08. The van der Waals surface area contributed by atoms with Crippen molar-refractivity contribution in [2.24, 2.45) is 34.0 Å². The summed E-state index contributed by atoms with van der Waals surface area (Å²) < 4.78 is 17.0. The number of carbonyl (C=O) groups is 2. The molecule has 0 aromatic carbocycles. The van der Waals surface area contributed by atoms with E-state index in [1.54, 1.807) is 12.3 Å². The van der Waals surface area contributed by atoms with Crippen molar-refractivity contribution in [3.05, 3.63) is 36.3 Å². The Morgan fingerprint density at radius 3 is 2.62 bits per heavy atom. The first-order valence-corrected chi connectivity index (χ1v) is 11.7. The number of carbonyl (C=O) groups excluding carboxylic acids is 2. The van der Waals surface area contributed by atoms with Crippen LogP contribution in [0.1, 0.15) is 58.4 Å². The summed E-state index contributed by atoms with van der Waals surface area (Å²) in [7, 11) is 1.33. The fourth-order valence-electron chi connectivity index (χ4n) is 9.21. The van der Waals surface area contributed by atoms with E-state index < -0.39 is 33.7 Å². The predicted octanol–water partition coefficient (Wildman–Crippen LogP) is 3.64. The maximum absolute atomic E-state index is 13.4. The van der Waals surface area contributed by atoms with Crippen molar-refractivity contribution < 1.29 is 28.6 Å². The van der Waals surface area contributed by atoms with Crippen LogP contribution >= 0.6 is 0 Å². The van der Waals surface area contributed by atoms with Gasteiger partial charge in [0, 0.05) is 16.7 Å². The van der Waals surface area contributed by atoms with Crippen LogP contribution < -0.4 is 0 Å². The number of ether oxygens (including phenoxy) is 2. The van der Waals surface area contributed by atoms with Crippen molar-refractivity contribution >= 4 is 11.8 Å². The fraction of sp³-hybridized carbons (Fsp3) is 0.692. The molecule has 1 spiro atoms. The second-order valence-corrected chi connectivity index (χ2v) is 11.9. The van der Waals surface area contributed by atoms with Gasteiger partial charge >= 0.3 is 5.97 Å². The molecule has 2 heterocycles. The average molecular weight is 441 g/mol. The van der Waals surface area contributed by atoms with Crippen molar-refractivity contribution in [1.29, 1.82) is 0 Å². The summed E-state index contributed by atoms with van der Waals surface area (Å²) in [5, 5.41) is 12.4. The third-order valence-corrected chi connectivity index (χ3v) is 10.4. The second kappa shape index (κ2) is 5.76. The molecule has 4 aliphatic carbocycles. The minimum absolute atomic E-state index is 0.000649. The number of fused-ring (bicyclic) bond motifs is 3. The third-order valence-electron chi connectivity index (χ3n) is 10.4. The van der Waals surface area contributed by atoms with Gasteiger partial charge < -0.3 is 19.0 Å². The first-order valence-electron chi connectivity index (χ1n) is 11.7. The van der Waals surface area contributed by atoms with E-state index in [-0.39, 0.29) is 29.3 Å². The van der Waals surface area contributed by atoms with Crippen molar-refractivity contribution in [3.63, 3.8) is 0 Å². The number of ketones is 1. The molecule has 5 aliphatic rings. The lowest BCUT2D eigenvalue weighted by Crippen LogP contribution is -2.62. The Kier molecular flexibility index (Phi) is 3.72. The number of epoxide rings is 1. The molecular formula is C26H32O6. The predicted molar refractivity (Wildman–Crippen MR) is 114 cm³/mol. The van der Waals surface area contributed by atoms with Gasteiger partial charge in [-0.3, -0.25) is 4.79 Å². The van der Waals surface area contributed by atoms with Crippen LogP contribution in [0.4, 0.5) is 0 Å². The van der Waals surface area contributed by atoms with Crippen LogP contribution in [0, 0.1) is 34.0 Å². The molecule has 6 nitrogen and oxygen atoms in total. The molecule has 1 aromatic heterocycles. The normalized spacial score (nSPS) is 52.1. The topological polar surface area (TPSA) is 89.3 Å². The molecule has 1 aliphatic heterocycles. The molecule has 3 saturated carbocycles. The van der Waals surface area contributed by atoms with E-state index in [0.29, 0.717) is 12.3 Å². The van der Waals surface area contributed by atoms with Gasteiger partial charge in [0.1, 0.15) is 0 Å². The molecule has 1 saturated heterocycles. The van der Waals surface area contributed by atoms with Gasteiger partial charge in [0.05, 0.1) is 31.3 Å². The van der Waals surface area contributed by atoms with Crippen molar-refractivity contribution in [2.45, 2.75) is 70.2 Å². The number of rotatable bonds is 2. The van der Waals surface area contributed by atoms with Gasteiger partial charge in [0.15, 0.2) is 11.4 Å². The van der Waals surface area contributed by atoms with Gasteiger partial charge in [-0.05, 0) is 60.1 Å². The highest BCUT2D eigenvalue weighted by molar-refractivity contribution is 5.97. The van der Waals surface area contributed by atoms with E-state index in [2.05, 4.69) is 6.92 Å². The Balaban J connectivity index is 1.53. The van der Waals surface area contributed by atoms with Gasteiger partial charge in [-0.2, -0.15) is 0 Å². The molecule has 172 valence electrons. The molecule has 6 rings (SSSR count). The maximum Gasteiger partial charge on any atom is 0.338 e. The first-order chi connectivity index (χ1) is 15.0.